The minimum absolute atomic E-state index is 0.0426. The Labute approximate surface area is 186 Å². The molecule has 2 aromatic carbocycles. The molecule has 4 atom stereocenters. The van der Waals surface area contributed by atoms with E-state index in [0.717, 1.165) is 24.0 Å². The lowest BCUT2D eigenvalue weighted by molar-refractivity contribution is -0.179. The zero-order valence-electron chi connectivity index (χ0n) is 16.5. The summed E-state index contributed by atoms with van der Waals surface area (Å²) in [6.07, 6.45) is -0.0709. The Bertz CT molecular complexity index is 887. The first-order chi connectivity index (χ1) is 14.5. The first-order valence-corrected chi connectivity index (χ1v) is 11.0. The van der Waals surface area contributed by atoms with Crippen molar-refractivity contribution in [1.82, 2.24) is 4.90 Å². The highest BCUT2D eigenvalue weighted by atomic mass is 35.5. The van der Waals surface area contributed by atoms with Crippen LogP contribution >= 0.6 is 23.2 Å². The summed E-state index contributed by atoms with van der Waals surface area (Å²) in [6.45, 7) is 0.219. The number of hydrogen-bond acceptors (Lipinski definition) is 4. The van der Waals surface area contributed by atoms with Gasteiger partial charge in [0, 0.05) is 23.0 Å². The van der Waals surface area contributed by atoms with Crippen molar-refractivity contribution in [3.63, 3.8) is 0 Å². The zero-order valence-corrected chi connectivity index (χ0v) is 18.0. The highest BCUT2D eigenvalue weighted by Crippen LogP contribution is 2.45. The predicted molar refractivity (Wildman–Crippen MR) is 115 cm³/mol. The molecule has 0 bridgehead atoms. The Hall–Kier alpha value is -1.63. The molecule has 4 rings (SSSR count). The summed E-state index contributed by atoms with van der Waals surface area (Å²) in [5, 5.41) is 20.5. The molecule has 1 unspecified atom stereocenters. The average molecular weight is 450 g/mol. The van der Waals surface area contributed by atoms with Crippen molar-refractivity contribution in [2.45, 2.75) is 43.6 Å². The molecule has 0 aromatic heterocycles. The van der Waals surface area contributed by atoms with Gasteiger partial charge in [-0.3, -0.25) is 4.79 Å². The molecule has 0 radical (unpaired) electrons. The number of rotatable bonds is 7. The molecule has 1 saturated carbocycles. The lowest BCUT2D eigenvalue weighted by atomic mass is 9.90. The number of hydrogen-bond donors (Lipinski definition) is 2. The zero-order chi connectivity index (χ0) is 21.3. The molecule has 1 aliphatic carbocycles. The van der Waals surface area contributed by atoms with Crippen molar-refractivity contribution in [2.75, 3.05) is 13.2 Å². The molecule has 2 aromatic rings. The minimum atomic E-state index is -1.02. The smallest absolute Gasteiger partial charge is 0.252 e. The first-order valence-electron chi connectivity index (χ1n) is 10.2. The topological polar surface area (TPSA) is 70.0 Å². The van der Waals surface area contributed by atoms with Gasteiger partial charge in [-0.25, -0.2) is 0 Å². The van der Waals surface area contributed by atoms with Crippen LogP contribution < -0.4 is 0 Å². The van der Waals surface area contributed by atoms with Crippen LogP contribution in [-0.4, -0.2) is 46.4 Å². The number of amides is 1. The van der Waals surface area contributed by atoms with Crippen LogP contribution in [0.4, 0.5) is 0 Å². The number of aliphatic hydroxyl groups excluding tert-OH is 2. The van der Waals surface area contributed by atoms with Crippen molar-refractivity contribution in [2.24, 2.45) is 5.92 Å². The molecule has 1 saturated heterocycles. The Balaban J connectivity index is 1.76. The van der Waals surface area contributed by atoms with Crippen LogP contribution in [0.25, 0.3) is 0 Å². The minimum Gasteiger partial charge on any atom is -0.394 e. The molecule has 160 valence electrons. The molecular weight excluding hydrogens is 425 g/mol. The van der Waals surface area contributed by atoms with Gasteiger partial charge in [0.1, 0.15) is 12.2 Å². The summed E-state index contributed by atoms with van der Waals surface area (Å²) in [4.78, 5) is 15.3. The van der Waals surface area contributed by atoms with Crippen LogP contribution in [-0.2, 0) is 9.53 Å². The van der Waals surface area contributed by atoms with E-state index in [0.29, 0.717) is 22.5 Å². The highest BCUT2D eigenvalue weighted by molar-refractivity contribution is 6.30. The highest BCUT2D eigenvalue weighted by Gasteiger charge is 2.46. The Morgan fingerprint density at radius 2 is 1.80 bits per heavy atom. The van der Waals surface area contributed by atoms with Crippen LogP contribution in [0, 0.1) is 5.92 Å². The lowest BCUT2D eigenvalue weighted by Gasteiger charge is -2.45. The normalized spacial score (nSPS) is 25.4. The molecule has 2 N–H and O–H groups in total. The van der Waals surface area contributed by atoms with Gasteiger partial charge in [0.15, 0.2) is 0 Å². The van der Waals surface area contributed by atoms with Gasteiger partial charge in [-0.1, -0.05) is 47.5 Å². The van der Waals surface area contributed by atoms with Gasteiger partial charge in [0.05, 0.1) is 18.8 Å². The van der Waals surface area contributed by atoms with Crippen LogP contribution in [0.1, 0.15) is 42.5 Å². The number of benzene rings is 2. The summed E-state index contributed by atoms with van der Waals surface area (Å²) in [5.41, 5.74) is 1.79. The van der Waals surface area contributed by atoms with E-state index in [1.165, 1.54) is 0 Å². The molecule has 30 heavy (non-hydrogen) atoms. The number of carbonyl (C=O) groups is 1. The summed E-state index contributed by atoms with van der Waals surface area (Å²) < 4.78 is 6.29. The maximum atomic E-state index is 13.4. The number of aliphatic hydroxyl groups is 2. The van der Waals surface area contributed by atoms with Gasteiger partial charge >= 0.3 is 0 Å². The Morgan fingerprint density at radius 3 is 2.43 bits per heavy atom. The van der Waals surface area contributed by atoms with E-state index >= 15 is 0 Å². The van der Waals surface area contributed by atoms with E-state index in [4.69, 9.17) is 27.9 Å². The molecule has 2 aliphatic rings. The van der Waals surface area contributed by atoms with E-state index in [2.05, 4.69) is 0 Å². The second kappa shape index (κ2) is 9.25. The van der Waals surface area contributed by atoms with Gasteiger partial charge < -0.3 is 19.8 Å². The number of carbonyl (C=O) groups excluding carboxylic acids is 1. The average Bonchev–Trinajstić information content (AvgIpc) is 3.55. The van der Waals surface area contributed by atoms with Gasteiger partial charge in [0.2, 0.25) is 0 Å². The van der Waals surface area contributed by atoms with Gasteiger partial charge in [-0.2, -0.15) is 0 Å². The quantitative estimate of drug-likeness (QED) is 0.665. The standard InChI is InChI=1S/C23H25Cl2NO4/c24-17-8-6-15(7-9-17)21-22(16-2-1-3-18(25)10-16)30-20(11-19(28)13-27)23(29)26(21)12-14-4-5-14/h1-3,6-10,14,19-22,27-28H,4-5,11-13H2/t19?,20-,21+,22-/m0/s1. The van der Waals surface area contributed by atoms with Crippen molar-refractivity contribution in [3.05, 3.63) is 69.7 Å². The summed E-state index contributed by atoms with van der Waals surface area (Å²) in [6, 6.07) is 14.6. The monoisotopic (exact) mass is 449 g/mol. The molecule has 0 spiro atoms. The fraction of sp³-hybridized carbons (Fsp3) is 0.435. The second-order valence-corrected chi connectivity index (χ2v) is 8.98. The molecule has 1 amide bonds. The van der Waals surface area contributed by atoms with Gasteiger partial charge in [-0.15, -0.1) is 0 Å². The Morgan fingerprint density at radius 1 is 1.07 bits per heavy atom. The van der Waals surface area contributed by atoms with Crippen LogP contribution in [0.15, 0.2) is 48.5 Å². The number of morpholine rings is 1. The Kier molecular flexibility index (Phi) is 6.66. The van der Waals surface area contributed by atoms with Crippen LogP contribution in [0.2, 0.25) is 10.0 Å². The molecule has 2 fully saturated rings. The largest absolute Gasteiger partial charge is 0.394 e. The third-order valence-electron chi connectivity index (χ3n) is 5.73. The summed E-state index contributed by atoms with van der Waals surface area (Å²) in [5.74, 6) is 0.318. The third kappa shape index (κ3) is 4.82. The number of nitrogens with zero attached hydrogens (tertiary/aromatic N) is 1. The number of ether oxygens (including phenoxy) is 1. The van der Waals surface area contributed by atoms with E-state index in [9.17, 15) is 15.0 Å². The van der Waals surface area contributed by atoms with Crippen LogP contribution in [0.5, 0.6) is 0 Å². The van der Waals surface area contributed by atoms with E-state index in [1.807, 2.05) is 47.4 Å². The molecule has 5 nitrogen and oxygen atoms in total. The van der Waals surface area contributed by atoms with E-state index < -0.39 is 24.9 Å². The molecule has 1 aliphatic heterocycles. The van der Waals surface area contributed by atoms with Crippen molar-refractivity contribution >= 4 is 29.1 Å². The van der Waals surface area contributed by atoms with E-state index in [1.54, 1.807) is 6.07 Å². The SMILES string of the molecule is O=C1[C@H](CC(O)CO)O[C@@H](c2cccc(Cl)c2)[C@@H](c2ccc(Cl)cc2)N1CC1CC1. The van der Waals surface area contributed by atoms with Crippen molar-refractivity contribution in [1.29, 1.82) is 0 Å². The maximum Gasteiger partial charge on any atom is 0.252 e. The summed E-state index contributed by atoms with van der Waals surface area (Å²) in [7, 11) is 0. The van der Waals surface area contributed by atoms with Gasteiger partial charge in [0.25, 0.3) is 5.91 Å². The van der Waals surface area contributed by atoms with Crippen LogP contribution in [0.3, 0.4) is 0 Å². The van der Waals surface area contributed by atoms with Crippen molar-refractivity contribution < 1.29 is 19.7 Å². The molecular formula is C23H25Cl2NO4. The first kappa shape index (κ1) is 21.6. The predicted octanol–water partition coefficient (Wildman–Crippen LogP) is 4.16. The maximum absolute atomic E-state index is 13.4. The third-order valence-corrected chi connectivity index (χ3v) is 6.22. The lowest BCUT2D eigenvalue weighted by Crippen LogP contribution is -2.52. The van der Waals surface area contributed by atoms with E-state index in [-0.39, 0.29) is 18.4 Å². The summed E-state index contributed by atoms with van der Waals surface area (Å²) >= 11 is 12.4. The van der Waals surface area contributed by atoms with Crippen molar-refractivity contribution in [3.8, 4) is 0 Å². The second-order valence-electron chi connectivity index (χ2n) is 8.10. The fourth-order valence-corrected chi connectivity index (χ4v) is 4.34. The van der Waals surface area contributed by atoms with Gasteiger partial charge in [-0.05, 0) is 54.2 Å². The molecule has 1 heterocycles. The fourth-order valence-electron chi connectivity index (χ4n) is 4.01. The number of halogens is 2. The molecule has 7 heteroatoms.